The number of aromatic nitrogens is 5. The maximum absolute atomic E-state index is 4.30. The van der Waals surface area contributed by atoms with E-state index in [9.17, 15) is 0 Å². The van der Waals surface area contributed by atoms with E-state index in [4.69, 9.17) is 0 Å². The molecule has 86 valence electrons. The smallest absolute Gasteiger partial charge is 0.105 e. The number of nitrogens with zero attached hydrogens (tertiary/aromatic N) is 4. The number of rotatable bonds is 5. The lowest BCUT2D eigenvalue weighted by Gasteiger charge is -2.15. The highest BCUT2D eigenvalue weighted by Crippen LogP contribution is 2.18. The zero-order chi connectivity index (χ0) is 11.4. The second kappa shape index (κ2) is 4.89. The number of H-pyrrole nitrogens is 1. The first-order chi connectivity index (χ1) is 7.86. The van der Waals surface area contributed by atoms with Crippen LogP contribution >= 0.6 is 0 Å². The summed E-state index contributed by atoms with van der Waals surface area (Å²) < 4.78 is 2.00. The average Bonchev–Trinajstić information content (AvgIpc) is 2.92. The Morgan fingerprint density at radius 1 is 1.56 bits per heavy atom. The second-order valence-electron chi connectivity index (χ2n) is 3.60. The quantitative estimate of drug-likeness (QED) is 0.779. The topological polar surface area (TPSA) is 71.4 Å². The predicted molar refractivity (Wildman–Crippen MR) is 59.8 cm³/mol. The van der Waals surface area contributed by atoms with Crippen molar-refractivity contribution in [2.24, 2.45) is 0 Å². The number of aryl methyl sites for hydroxylation is 1. The van der Waals surface area contributed by atoms with Crippen LogP contribution in [0.5, 0.6) is 0 Å². The van der Waals surface area contributed by atoms with Crippen LogP contribution in [0, 0.1) is 0 Å². The summed E-state index contributed by atoms with van der Waals surface area (Å²) >= 11 is 0. The third-order valence-electron chi connectivity index (χ3n) is 2.50. The molecule has 0 saturated heterocycles. The molecule has 1 unspecified atom stereocenters. The van der Waals surface area contributed by atoms with Crippen LogP contribution in [0.4, 0.5) is 0 Å². The monoisotopic (exact) mass is 220 g/mol. The van der Waals surface area contributed by atoms with Gasteiger partial charge in [-0.3, -0.25) is 4.68 Å². The number of aromatic amines is 1. The van der Waals surface area contributed by atoms with Gasteiger partial charge in [0.1, 0.15) is 5.69 Å². The van der Waals surface area contributed by atoms with Crippen LogP contribution in [0.3, 0.4) is 0 Å². The SMILES string of the molecule is CCCn1nccc1C(NC)c1cn[nH]n1. The highest BCUT2D eigenvalue weighted by atomic mass is 15.3. The molecule has 6 heteroatoms. The van der Waals surface area contributed by atoms with Crippen molar-refractivity contribution in [3.05, 3.63) is 29.8 Å². The van der Waals surface area contributed by atoms with Crippen LogP contribution in [0.2, 0.25) is 0 Å². The van der Waals surface area contributed by atoms with E-state index in [2.05, 4.69) is 32.7 Å². The van der Waals surface area contributed by atoms with Crippen molar-refractivity contribution in [1.29, 1.82) is 0 Å². The van der Waals surface area contributed by atoms with Crippen molar-refractivity contribution >= 4 is 0 Å². The van der Waals surface area contributed by atoms with Gasteiger partial charge in [-0.15, -0.1) is 0 Å². The van der Waals surface area contributed by atoms with Crippen LogP contribution in [0.25, 0.3) is 0 Å². The van der Waals surface area contributed by atoms with E-state index in [-0.39, 0.29) is 6.04 Å². The molecule has 2 N–H and O–H groups in total. The van der Waals surface area contributed by atoms with Gasteiger partial charge in [-0.25, -0.2) is 0 Å². The van der Waals surface area contributed by atoms with Gasteiger partial charge in [-0.2, -0.15) is 20.5 Å². The molecule has 0 radical (unpaired) electrons. The molecule has 16 heavy (non-hydrogen) atoms. The lowest BCUT2D eigenvalue weighted by Crippen LogP contribution is -2.22. The van der Waals surface area contributed by atoms with Gasteiger partial charge >= 0.3 is 0 Å². The molecule has 1 atom stereocenters. The first kappa shape index (κ1) is 10.8. The fraction of sp³-hybridized carbons (Fsp3) is 0.500. The van der Waals surface area contributed by atoms with E-state index in [0.29, 0.717) is 0 Å². The minimum Gasteiger partial charge on any atom is -0.307 e. The molecule has 0 aliphatic heterocycles. The lowest BCUT2D eigenvalue weighted by molar-refractivity contribution is 0.529. The summed E-state index contributed by atoms with van der Waals surface area (Å²) in [5, 5.41) is 18.1. The van der Waals surface area contributed by atoms with Crippen LogP contribution in [-0.4, -0.2) is 32.2 Å². The van der Waals surface area contributed by atoms with E-state index in [1.807, 2.05) is 24.0 Å². The second-order valence-corrected chi connectivity index (χ2v) is 3.60. The van der Waals surface area contributed by atoms with Gasteiger partial charge < -0.3 is 5.32 Å². The van der Waals surface area contributed by atoms with Crippen molar-refractivity contribution in [3.63, 3.8) is 0 Å². The summed E-state index contributed by atoms with van der Waals surface area (Å²) in [5.41, 5.74) is 1.98. The standard InChI is InChI=1S/C10H16N6/c1-3-6-16-9(4-5-13-16)10(11-2)8-7-12-15-14-8/h4-5,7,10-11H,3,6H2,1-2H3,(H,12,14,15). The van der Waals surface area contributed by atoms with E-state index in [0.717, 1.165) is 24.4 Å². The minimum atomic E-state index is 0.0350. The Hall–Kier alpha value is -1.69. The minimum absolute atomic E-state index is 0.0350. The Morgan fingerprint density at radius 3 is 3.06 bits per heavy atom. The van der Waals surface area contributed by atoms with Gasteiger partial charge in [0.15, 0.2) is 0 Å². The first-order valence-corrected chi connectivity index (χ1v) is 5.41. The molecular formula is C10H16N6. The van der Waals surface area contributed by atoms with E-state index in [1.54, 1.807) is 6.20 Å². The summed E-state index contributed by atoms with van der Waals surface area (Å²) in [6.45, 7) is 3.05. The third kappa shape index (κ3) is 1.96. The molecule has 0 aliphatic rings. The van der Waals surface area contributed by atoms with Gasteiger partial charge in [0.25, 0.3) is 0 Å². The third-order valence-corrected chi connectivity index (χ3v) is 2.50. The van der Waals surface area contributed by atoms with Crippen molar-refractivity contribution < 1.29 is 0 Å². The van der Waals surface area contributed by atoms with Crippen molar-refractivity contribution in [2.75, 3.05) is 7.05 Å². The van der Waals surface area contributed by atoms with Gasteiger partial charge in [-0.05, 0) is 19.5 Å². The zero-order valence-corrected chi connectivity index (χ0v) is 9.51. The molecule has 6 nitrogen and oxygen atoms in total. The molecule has 0 spiro atoms. The molecule has 0 saturated carbocycles. The number of nitrogens with one attached hydrogen (secondary N) is 2. The Kier molecular flexibility index (Phi) is 3.31. The lowest BCUT2D eigenvalue weighted by atomic mass is 10.1. The van der Waals surface area contributed by atoms with E-state index in [1.165, 1.54) is 0 Å². The van der Waals surface area contributed by atoms with E-state index >= 15 is 0 Å². The molecule has 0 bridgehead atoms. The molecule has 2 heterocycles. The van der Waals surface area contributed by atoms with Crippen molar-refractivity contribution in [2.45, 2.75) is 25.9 Å². The van der Waals surface area contributed by atoms with Gasteiger partial charge in [0.05, 0.1) is 17.9 Å². The predicted octanol–water partition coefficient (Wildman–Crippen LogP) is 0.720. The molecule has 0 aliphatic carbocycles. The molecule has 0 aromatic carbocycles. The Balaban J connectivity index is 2.30. The molecule has 2 aromatic rings. The summed E-state index contributed by atoms with van der Waals surface area (Å²) in [6, 6.07) is 2.04. The Morgan fingerprint density at radius 2 is 2.44 bits per heavy atom. The van der Waals surface area contributed by atoms with Crippen LogP contribution in [-0.2, 0) is 6.54 Å². The largest absolute Gasteiger partial charge is 0.307 e. The molecule has 2 rings (SSSR count). The van der Waals surface area contributed by atoms with Crippen LogP contribution in [0.1, 0.15) is 30.8 Å². The van der Waals surface area contributed by atoms with Crippen LogP contribution in [0.15, 0.2) is 18.5 Å². The van der Waals surface area contributed by atoms with Crippen LogP contribution < -0.4 is 5.32 Å². The highest BCUT2D eigenvalue weighted by molar-refractivity contribution is 5.18. The maximum Gasteiger partial charge on any atom is 0.105 e. The zero-order valence-electron chi connectivity index (χ0n) is 9.51. The van der Waals surface area contributed by atoms with Gasteiger partial charge in [-0.1, -0.05) is 6.92 Å². The highest BCUT2D eigenvalue weighted by Gasteiger charge is 2.18. The van der Waals surface area contributed by atoms with Crippen molar-refractivity contribution in [1.82, 2.24) is 30.5 Å². The number of hydrogen-bond donors (Lipinski definition) is 2. The van der Waals surface area contributed by atoms with Gasteiger partial charge in [0, 0.05) is 12.7 Å². The average molecular weight is 220 g/mol. The fourth-order valence-electron chi connectivity index (χ4n) is 1.78. The maximum atomic E-state index is 4.30. The first-order valence-electron chi connectivity index (χ1n) is 5.41. The Labute approximate surface area is 94.1 Å². The van der Waals surface area contributed by atoms with Crippen molar-refractivity contribution in [3.8, 4) is 0 Å². The normalized spacial score (nSPS) is 12.9. The number of hydrogen-bond acceptors (Lipinski definition) is 4. The Bertz CT molecular complexity index is 418. The fourth-order valence-corrected chi connectivity index (χ4v) is 1.78. The van der Waals surface area contributed by atoms with Gasteiger partial charge in [0.2, 0.25) is 0 Å². The summed E-state index contributed by atoms with van der Waals surface area (Å²) in [6.07, 6.45) is 4.60. The molecule has 0 amide bonds. The summed E-state index contributed by atoms with van der Waals surface area (Å²) in [7, 11) is 1.91. The van der Waals surface area contributed by atoms with E-state index < -0.39 is 0 Å². The molecular weight excluding hydrogens is 204 g/mol. The molecule has 2 aromatic heterocycles. The summed E-state index contributed by atoms with van der Waals surface area (Å²) in [4.78, 5) is 0. The molecule has 0 fully saturated rings. The summed E-state index contributed by atoms with van der Waals surface area (Å²) in [5.74, 6) is 0.